The summed E-state index contributed by atoms with van der Waals surface area (Å²) >= 11 is 3.55. The molecule has 0 spiro atoms. The van der Waals surface area contributed by atoms with Gasteiger partial charge in [-0.15, -0.1) is 0 Å². The van der Waals surface area contributed by atoms with Crippen LogP contribution >= 0.6 is 15.9 Å². The van der Waals surface area contributed by atoms with Gasteiger partial charge in [-0.25, -0.2) is 0 Å². The molecule has 1 amide bonds. The van der Waals surface area contributed by atoms with Crippen molar-refractivity contribution in [2.45, 2.75) is 38.4 Å². The maximum Gasteiger partial charge on any atom is 0.287 e. The summed E-state index contributed by atoms with van der Waals surface area (Å²) in [7, 11) is 0. The van der Waals surface area contributed by atoms with Crippen molar-refractivity contribution in [3.63, 3.8) is 0 Å². The van der Waals surface area contributed by atoms with Crippen LogP contribution in [-0.2, 0) is 6.42 Å². The van der Waals surface area contributed by atoms with Gasteiger partial charge in [-0.2, -0.15) is 0 Å². The van der Waals surface area contributed by atoms with Crippen molar-refractivity contribution < 1.29 is 9.21 Å². The second-order valence-electron chi connectivity index (χ2n) is 4.56. The summed E-state index contributed by atoms with van der Waals surface area (Å²) in [5.74, 6) is 1.71. The Hall–Kier alpha value is -0.770. The minimum atomic E-state index is -0.141. The first-order chi connectivity index (χ1) is 8.02. The second kappa shape index (κ2) is 6.84. The molecule has 1 atom stereocenters. The van der Waals surface area contributed by atoms with Gasteiger partial charge < -0.3 is 9.73 Å². The van der Waals surface area contributed by atoms with Crippen LogP contribution in [0.25, 0.3) is 0 Å². The van der Waals surface area contributed by atoms with Crippen LogP contribution in [0.3, 0.4) is 0 Å². The zero-order chi connectivity index (χ0) is 12.8. The van der Waals surface area contributed by atoms with E-state index in [2.05, 4.69) is 35.1 Å². The van der Waals surface area contributed by atoms with Gasteiger partial charge in [0.25, 0.3) is 5.91 Å². The molecule has 0 saturated heterocycles. The van der Waals surface area contributed by atoms with Gasteiger partial charge in [0.05, 0.1) is 0 Å². The number of halogens is 1. The van der Waals surface area contributed by atoms with Gasteiger partial charge in [-0.1, -0.05) is 36.7 Å². The average molecular weight is 302 g/mol. The Labute approximate surface area is 111 Å². The third-order valence-electron chi connectivity index (χ3n) is 2.45. The Bertz CT molecular complexity index is 360. The fourth-order valence-electron chi connectivity index (χ4n) is 1.58. The van der Waals surface area contributed by atoms with E-state index in [1.54, 1.807) is 6.07 Å². The monoisotopic (exact) mass is 301 g/mol. The SMILES string of the molecule is CCc1ccc(C(=O)NCC(Br)CC(C)C)o1. The highest BCUT2D eigenvalue weighted by atomic mass is 79.9. The van der Waals surface area contributed by atoms with Gasteiger partial charge in [0, 0.05) is 17.8 Å². The zero-order valence-electron chi connectivity index (χ0n) is 10.6. The summed E-state index contributed by atoms with van der Waals surface area (Å²) in [5, 5.41) is 2.86. The van der Waals surface area contributed by atoms with Crippen LogP contribution in [0, 0.1) is 5.92 Å². The molecule has 0 radical (unpaired) electrons. The number of rotatable bonds is 6. The maximum absolute atomic E-state index is 11.7. The van der Waals surface area contributed by atoms with Gasteiger partial charge in [-0.05, 0) is 24.5 Å². The van der Waals surface area contributed by atoms with Crippen LogP contribution in [0.2, 0.25) is 0 Å². The molecule has 1 aromatic rings. The van der Waals surface area contributed by atoms with Gasteiger partial charge in [0.15, 0.2) is 5.76 Å². The van der Waals surface area contributed by atoms with Crippen LogP contribution in [0.4, 0.5) is 0 Å². The highest BCUT2D eigenvalue weighted by molar-refractivity contribution is 9.09. The molecule has 1 rings (SSSR count). The minimum absolute atomic E-state index is 0.141. The third kappa shape index (κ3) is 4.94. The van der Waals surface area contributed by atoms with Crippen LogP contribution in [0.5, 0.6) is 0 Å². The minimum Gasteiger partial charge on any atom is -0.456 e. The first-order valence-corrected chi connectivity index (χ1v) is 6.95. The van der Waals surface area contributed by atoms with Gasteiger partial charge in [0.1, 0.15) is 5.76 Å². The molecule has 4 heteroatoms. The second-order valence-corrected chi connectivity index (χ2v) is 5.85. The Balaban J connectivity index is 2.39. The van der Waals surface area contributed by atoms with Crippen LogP contribution < -0.4 is 5.32 Å². The number of alkyl halides is 1. The molecule has 0 bridgehead atoms. The molecule has 0 fully saturated rings. The molecule has 3 nitrogen and oxygen atoms in total. The smallest absolute Gasteiger partial charge is 0.287 e. The van der Waals surface area contributed by atoms with Crippen molar-refractivity contribution in [3.05, 3.63) is 23.7 Å². The Kier molecular flexibility index (Phi) is 5.75. The quantitative estimate of drug-likeness (QED) is 0.819. The van der Waals surface area contributed by atoms with E-state index in [9.17, 15) is 4.79 Å². The van der Waals surface area contributed by atoms with E-state index >= 15 is 0 Å². The first-order valence-electron chi connectivity index (χ1n) is 6.03. The van der Waals surface area contributed by atoms with E-state index < -0.39 is 0 Å². The Morgan fingerprint density at radius 1 is 1.47 bits per heavy atom. The van der Waals surface area contributed by atoms with Crippen molar-refractivity contribution >= 4 is 21.8 Å². The first kappa shape index (κ1) is 14.3. The molecule has 0 saturated carbocycles. The lowest BCUT2D eigenvalue weighted by Crippen LogP contribution is -2.29. The summed E-state index contributed by atoms with van der Waals surface area (Å²) in [6, 6.07) is 3.56. The summed E-state index contributed by atoms with van der Waals surface area (Å²) < 4.78 is 5.38. The van der Waals surface area contributed by atoms with E-state index in [4.69, 9.17) is 4.42 Å². The van der Waals surface area contributed by atoms with Crippen molar-refractivity contribution in [2.75, 3.05) is 6.54 Å². The van der Waals surface area contributed by atoms with E-state index in [0.29, 0.717) is 23.1 Å². The summed E-state index contributed by atoms with van der Waals surface area (Å²) in [5.41, 5.74) is 0. The number of aryl methyl sites for hydroxylation is 1. The zero-order valence-corrected chi connectivity index (χ0v) is 12.2. The Morgan fingerprint density at radius 2 is 2.18 bits per heavy atom. The van der Waals surface area contributed by atoms with Crippen LogP contribution in [0.1, 0.15) is 43.5 Å². The summed E-state index contributed by atoms with van der Waals surface area (Å²) in [4.78, 5) is 12.1. The van der Waals surface area contributed by atoms with Gasteiger partial charge in [0.2, 0.25) is 0 Å². The summed E-state index contributed by atoms with van der Waals surface area (Å²) in [6.07, 6.45) is 1.85. The maximum atomic E-state index is 11.7. The number of nitrogens with one attached hydrogen (secondary N) is 1. The van der Waals surface area contributed by atoms with E-state index in [0.717, 1.165) is 18.6 Å². The lowest BCUT2D eigenvalue weighted by atomic mass is 10.1. The van der Waals surface area contributed by atoms with Crippen molar-refractivity contribution in [2.24, 2.45) is 5.92 Å². The molecule has 17 heavy (non-hydrogen) atoms. The number of carbonyl (C=O) groups is 1. The predicted octanol–water partition coefficient (Wildman–Crippen LogP) is 3.38. The normalized spacial score (nSPS) is 12.8. The number of carbonyl (C=O) groups excluding carboxylic acids is 1. The fourth-order valence-corrected chi connectivity index (χ4v) is 2.48. The number of hydrogen-bond acceptors (Lipinski definition) is 2. The molecule has 96 valence electrons. The molecule has 0 aliphatic heterocycles. The molecular formula is C13H20BrNO2. The average Bonchev–Trinajstić information content (AvgIpc) is 2.73. The molecule has 1 heterocycles. The highest BCUT2D eigenvalue weighted by Gasteiger charge is 2.13. The summed E-state index contributed by atoms with van der Waals surface area (Å²) in [6.45, 7) is 6.95. The number of furan rings is 1. The Morgan fingerprint density at radius 3 is 2.71 bits per heavy atom. The standard InChI is InChI=1S/C13H20BrNO2/c1-4-11-5-6-12(17-11)13(16)15-8-10(14)7-9(2)3/h5-6,9-10H,4,7-8H2,1-3H3,(H,15,16). The number of amides is 1. The fraction of sp³-hybridized carbons (Fsp3) is 0.615. The van der Waals surface area contributed by atoms with E-state index in [-0.39, 0.29) is 5.91 Å². The largest absolute Gasteiger partial charge is 0.456 e. The van der Waals surface area contributed by atoms with Crippen LogP contribution in [-0.4, -0.2) is 17.3 Å². The van der Waals surface area contributed by atoms with Crippen molar-refractivity contribution in [1.29, 1.82) is 0 Å². The molecule has 0 aliphatic carbocycles. The van der Waals surface area contributed by atoms with Gasteiger partial charge in [-0.3, -0.25) is 4.79 Å². The molecule has 1 N–H and O–H groups in total. The van der Waals surface area contributed by atoms with Gasteiger partial charge >= 0.3 is 0 Å². The molecule has 1 aromatic heterocycles. The highest BCUT2D eigenvalue weighted by Crippen LogP contribution is 2.12. The predicted molar refractivity (Wildman–Crippen MR) is 72.6 cm³/mol. The van der Waals surface area contributed by atoms with Crippen molar-refractivity contribution in [3.8, 4) is 0 Å². The molecule has 1 unspecified atom stereocenters. The molecule has 0 aromatic carbocycles. The van der Waals surface area contributed by atoms with Crippen LogP contribution in [0.15, 0.2) is 16.5 Å². The lowest BCUT2D eigenvalue weighted by Gasteiger charge is -2.12. The van der Waals surface area contributed by atoms with E-state index in [1.165, 1.54) is 0 Å². The third-order valence-corrected chi connectivity index (χ3v) is 3.14. The lowest BCUT2D eigenvalue weighted by molar-refractivity contribution is 0.0924. The molecular weight excluding hydrogens is 282 g/mol. The molecule has 0 aliphatic rings. The number of hydrogen-bond donors (Lipinski definition) is 1. The van der Waals surface area contributed by atoms with E-state index in [1.807, 2.05) is 13.0 Å². The van der Waals surface area contributed by atoms with Crippen molar-refractivity contribution in [1.82, 2.24) is 5.32 Å². The topological polar surface area (TPSA) is 42.2 Å².